The van der Waals surface area contributed by atoms with E-state index in [1.165, 1.54) is 13.0 Å². The molecule has 0 aliphatic rings. The molecule has 1 radical (unpaired) electrons. The third kappa shape index (κ3) is 4.82. The van der Waals surface area contributed by atoms with Crippen LogP contribution in [0.15, 0.2) is 78.6 Å². The van der Waals surface area contributed by atoms with E-state index >= 15 is 0 Å². The predicted octanol–water partition coefficient (Wildman–Crippen LogP) is 4.97. The van der Waals surface area contributed by atoms with Crippen LogP contribution in [-0.4, -0.2) is 22.4 Å². The van der Waals surface area contributed by atoms with Gasteiger partial charge >= 0.3 is 0 Å². The minimum absolute atomic E-state index is 0. The topological polar surface area (TPSA) is 62.2 Å². The Kier molecular flexibility index (Phi) is 7.11. The Morgan fingerprint density at radius 2 is 1.77 bits per heavy atom. The number of nitrogens with zero attached hydrogens (tertiary/aromatic N) is 1. The summed E-state index contributed by atoms with van der Waals surface area (Å²) in [6.07, 6.45) is 1.22. The van der Waals surface area contributed by atoms with Crippen LogP contribution in [-0.2, 0) is 31.4 Å². The van der Waals surface area contributed by atoms with Crippen molar-refractivity contribution in [3.05, 3.63) is 90.3 Å². The maximum atomic E-state index is 11.1. The first kappa shape index (κ1) is 21.8. The molecular formula is C25H21IrN2O2-. The van der Waals surface area contributed by atoms with E-state index in [1.807, 2.05) is 36.4 Å². The van der Waals surface area contributed by atoms with E-state index in [0.29, 0.717) is 6.54 Å². The zero-order valence-electron chi connectivity index (χ0n) is 16.5. The fourth-order valence-corrected chi connectivity index (χ4v) is 3.50. The van der Waals surface area contributed by atoms with Crippen molar-refractivity contribution in [3.63, 3.8) is 0 Å². The van der Waals surface area contributed by atoms with Gasteiger partial charge in [0.2, 0.25) is 0 Å². The number of nitrogens with one attached hydrogen (secondary N) is 1. The van der Waals surface area contributed by atoms with Crippen LogP contribution in [0, 0.1) is 6.07 Å². The molecule has 0 unspecified atom stereocenters. The molecule has 4 rings (SSSR count). The summed E-state index contributed by atoms with van der Waals surface area (Å²) < 4.78 is 0. The molecule has 4 nitrogen and oxygen atoms in total. The predicted molar refractivity (Wildman–Crippen MR) is 117 cm³/mol. The first-order chi connectivity index (χ1) is 14.1. The summed E-state index contributed by atoms with van der Waals surface area (Å²) in [5.41, 5.74) is 2.72. The summed E-state index contributed by atoms with van der Waals surface area (Å²) >= 11 is 0. The van der Waals surface area contributed by atoms with Gasteiger partial charge in [0, 0.05) is 38.4 Å². The van der Waals surface area contributed by atoms with Crippen LogP contribution < -0.4 is 5.32 Å². The second-order valence-corrected chi connectivity index (χ2v) is 6.97. The van der Waals surface area contributed by atoms with E-state index in [0.717, 1.165) is 38.5 Å². The smallest absolute Gasteiger partial charge is 0.155 e. The molecule has 0 amide bonds. The second-order valence-electron chi connectivity index (χ2n) is 6.97. The molecule has 153 valence electrons. The van der Waals surface area contributed by atoms with Crippen molar-refractivity contribution >= 4 is 27.3 Å². The van der Waals surface area contributed by atoms with E-state index < -0.39 is 0 Å². The molecule has 30 heavy (non-hydrogen) atoms. The van der Waals surface area contributed by atoms with E-state index in [1.54, 1.807) is 0 Å². The van der Waals surface area contributed by atoms with Crippen LogP contribution in [0.4, 0.5) is 0 Å². The third-order valence-electron chi connectivity index (χ3n) is 4.73. The molecule has 0 fully saturated rings. The number of rotatable bonds is 6. The van der Waals surface area contributed by atoms with Crippen molar-refractivity contribution < 1.29 is 30.0 Å². The first-order valence-corrected chi connectivity index (χ1v) is 9.51. The fraction of sp³-hybridized carbons (Fsp3) is 0.120. The van der Waals surface area contributed by atoms with Crippen molar-refractivity contribution in [2.45, 2.75) is 13.5 Å². The number of carbonyl (C=O) groups is 1. The molecule has 0 saturated carbocycles. The Morgan fingerprint density at radius 1 is 1.07 bits per heavy atom. The third-order valence-corrected chi connectivity index (χ3v) is 4.73. The number of fused-ring (bicyclic) bond motifs is 2. The Hall–Kier alpha value is -2.85. The van der Waals surface area contributed by atoms with Crippen LogP contribution in [0.5, 0.6) is 0 Å². The molecule has 0 aliphatic carbocycles. The van der Waals surface area contributed by atoms with Crippen LogP contribution in [0.3, 0.4) is 0 Å². The average Bonchev–Trinajstić information content (AvgIpc) is 2.72. The Labute approximate surface area is 189 Å². The number of ketones is 1. The number of aliphatic hydroxyl groups excluding tert-OH is 1. The zero-order chi connectivity index (χ0) is 20.2. The Bertz CT molecular complexity index is 1230. The summed E-state index contributed by atoms with van der Waals surface area (Å²) in [6.45, 7) is 2.09. The number of hydrogen-bond donors (Lipinski definition) is 2. The summed E-state index contributed by atoms with van der Waals surface area (Å²) in [7, 11) is 0. The van der Waals surface area contributed by atoms with Gasteiger partial charge < -0.3 is 10.4 Å². The van der Waals surface area contributed by atoms with Crippen LogP contribution >= 0.6 is 0 Å². The van der Waals surface area contributed by atoms with Gasteiger partial charge in [0.15, 0.2) is 5.78 Å². The van der Waals surface area contributed by atoms with Gasteiger partial charge in [0.1, 0.15) is 5.76 Å². The van der Waals surface area contributed by atoms with E-state index in [4.69, 9.17) is 4.98 Å². The largest absolute Gasteiger partial charge is 0.511 e. The van der Waals surface area contributed by atoms with Crippen molar-refractivity contribution in [1.82, 2.24) is 10.3 Å². The number of pyridine rings is 1. The van der Waals surface area contributed by atoms with Gasteiger partial charge in [-0.1, -0.05) is 53.9 Å². The van der Waals surface area contributed by atoms with Gasteiger partial charge in [-0.05, 0) is 29.5 Å². The molecule has 0 saturated heterocycles. The van der Waals surface area contributed by atoms with Gasteiger partial charge in [-0.2, -0.15) is 0 Å². The number of aliphatic hydroxyl groups is 1. The van der Waals surface area contributed by atoms with Crippen molar-refractivity contribution in [1.29, 1.82) is 0 Å². The standard InChI is InChI=1S/C25H21N2O2.Ir/c1-17(28)13-21(29)16-26-15-20-14-19-8-3-5-11-23(19)25(27-20)24-12-6-9-18-7-2-4-10-22(18)24;/h2-11,13-14,26,29H,15-16H2,1H3;/q-1;. The van der Waals surface area contributed by atoms with Gasteiger partial charge in [-0.15, -0.1) is 29.1 Å². The summed E-state index contributed by atoms with van der Waals surface area (Å²) in [4.78, 5) is 16.0. The maximum absolute atomic E-state index is 11.1. The van der Waals surface area contributed by atoms with Gasteiger partial charge in [0.05, 0.1) is 6.54 Å². The zero-order valence-corrected chi connectivity index (χ0v) is 18.9. The summed E-state index contributed by atoms with van der Waals surface area (Å²) in [5, 5.41) is 17.3. The van der Waals surface area contributed by atoms with Crippen LogP contribution in [0.2, 0.25) is 0 Å². The second kappa shape index (κ2) is 9.77. The number of allylic oxidation sites excluding steroid dienone is 1. The van der Waals surface area contributed by atoms with Crippen molar-refractivity contribution in [2.24, 2.45) is 0 Å². The van der Waals surface area contributed by atoms with Crippen molar-refractivity contribution in [2.75, 3.05) is 6.54 Å². The molecule has 4 aromatic rings. The number of hydrogen-bond acceptors (Lipinski definition) is 4. The summed E-state index contributed by atoms with van der Waals surface area (Å²) in [5.74, 6) is -0.164. The molecular weight excluding hydrogens is 553 g/mol. The average molecular weight is 574 g/mol. The Morgan fingerprint density at radius 3 is 2.53 bits per heavy atom. The van der Waals surface area contributed by atoms with E-state index in [2.05, 4.69) is 41.7 Å². The fourth-order valence-electron chi connectivity index (χ4n) is 3.50. The Balaban J connectivity index is 0.00000256. The van der Waals surface area contributed by atoms with Gasteiger partial charge in [-0.3, -0.25) is 9.78 Å². The monoisotopic (exact) mass is 574 g/mol. The van der Waals surface area contributed by atoms with E-state index in [9.17, 15) is 9.90 Å². The SMILES string of the molecule is CC(=O)C=C(O)CNCc1cc2ccccc2c(-c2[c-]ccc3ccccc23)n1.[Ir]. The minimum atomic E-state index is -0.179. The summed E-state index contributed by atoms with van der Waals surface area (Å²) in [6, 6.07) is 25.8. The molecule has 0 aliphatic heterocycles. The van der Waals surface area contributed by atoms with Crippen LogP contribution in [0.25, 0.3) is 32.8 Å². The van der Waals surface area contributed by atoms with Gasteiger partial charge in [-0.25, -0.2) is 0 Å². The molecule has 0 atom stereocenters. The number of aromatic nitrogens is 1. The minimum Gasteiger partial charge on any atom is -0.511 e. The number of carbonyl (C=O) groups excluding carboxylic acids is 1. The molecule has 0 spiro atoms. The molecule has 0 bridgehead atoms. The molecule has 5 heteroatoms. The normalized spacial score (nSPS) is 11.4. The molecule has 1 aromatic heterocycles. The van der Waals surface area contributed by atoms with Gasteiger partial charge in [0.25, 0.3) is 0 Å². The molecule has 3 aromatic carbocycles. The first-order valence-electron chi connectivity index (χ1n) is 9.51. The number of benzene rings is 3. The molecule has 2 N–H and O–H groups in total. The quantitative estimate of drug-likeness (QED) is 0.194. The van der Waals surface area contributed by atoms with E-state index in [-0.39, 0.29) is 38.2 Å². The maximum Gasteiger partial charge on any atom is 0.155 e. The van der Waals surface area contributed by atoms with Crippen molar-refractivity contribution in [3.8, 4) is 11.3 Å². The van der Waals surface area contributed by atoms with Crippen LogP contribution in [0.1, 0.15) is 12.6 Å². The molecule has 1 heterocycles.